The molecule has 1 rings (SSSR count). The van der Waals surface area contributed by atoms with Crippen molar-refractivity contribution >= 4 is 23.2 Å². The summed E-state index contributed by atoms with van der Waals surface area (Å²) in [5.74, 6) is 0.640. The predicted octanol–water partition coefficient (Wildman–Crippen LogP) is 4.56. The van der Waals surface area contributed by atoms with E-state index in [1.165, 1.54) is 12.0 Å². The lowest BCUT2D eigenvalue weighted by Gasteiger charge is -2.24. The number of halogens is 2. The first-order chi connectivity index (χ1) is 8.08. The third-order valence-corrected chi connectivity index (χ3v) is 3.84. The quantitative estimate of drug-likeness (QED) is 0.801. The Hall–Kier alpha value is -0.240. The molecule has 96 valence electrons. The van der Waals surface area contributed by atoms with E-state index in [0.29, 0.717) is 17.0 Å². The second-order valence-electron chi connectivity index (χ2n) is 4.49. The largest absolute Gasteiger partial charge is 0.314 e. The van der Waals surface area contributed by atoms with Crippen LogP contribution in [0.15, 0.2) is 18.2 Å². The highest BCUT2D eigenvalue weighted by Crippen LogP contribution is 2.24. The van der Waals surface area contributed by atoms with Crippen LogP contribution in [-0.2, 0) is 6.42 Å². The molecule has 0 amide bonds. The standard InChI is InChI=1S/C14H21Cl2N/c1-4-10(3)14(17-5-2)8-11-6-7-12(15)9-13(11)16/h6-7,9-10,14,17H,4-5,8H2,1-3H3. The van der Waals surface area contributed by atoms with Crippen LogP contribution >= 0.6 is 23.2 Å². The number of benzene rings is 1. The lowest BCUT2D eigenvalue weighted by Crippen LogP contribution is -2.36. The lowest BCUT2D eigenvalue weighted by atomic mass is 9.93. The highest BCUT2D eigenvalue weighted by molar-refractivity contribution is 6.35. The van der Waals surface area contributed by atoms with Crippen LogP contribution in [-0.4, -0.2) is 12.6 Å². The maximum absolute atomic E-state index is 6.21. The highest BCUT2D eigenvalue weighted by atomic mass is 35.5. The van der Waals surface area contributed by atoms with Crippen LogP contribution < -0.4 is 5.32 Å². The number of hydrogen-bond donors (Lipinski definition) is 1. The molecule has 0 aliphatic heterocycles. The summed E-state index contributed by atoms with van der Waals surface area (Å²) in [6.07, 6.45) is 2.13. The Kier molecular flexibility index (Phi) is 6.32. The summed E-state index contributed by atoms with van der Waals surface area (Å²) in [5, 5.41) is 5.00. The van der Waals surface area contributed by atoms with Crippen molar-refractivity contribution in [2.75, 3.05) is 6.54 Å². The Labute approximate surface area is 115 Å². The van der Waals surface area contributed by atoms with E-state index in [-0.39, 0.29) is 0 Å². The van der Waals surface area contributed by atoms with E-state index in [4.69, 9.17) is 23.2 Å². The molecule has 0 radical (unpaired) electrons. The second-order valence-corrected chi connectivity index (χ2v) is 5.33. The summed E-state index contributed by atoms with van der Waals surface area (Å²) in [5.41, 5.74) is 1.17. The molecule has 17 heavy (non-hydrogen) atoms. The van der Waals surface area contributed by atoms with Crippen LogP contribution in [0.2, 0.25) is 10.0 Å². The number of hydrogen-bond acceptors (Lipinski definition) is 1. The Morgan fingerprint density at radius 2 is 1.94 bits per heavy atom. The Morgan fingerprint density at radius 1 is 1.24 bits per heavy atom. The monoisotopic (exact) mass is 273 g/mol. The van der Waals surface area contributed by atoms with E-state index in [1.807, 2.05) is 18.2 Å². The van der Waals surface area contributed by atoms with Crippen molar-refractivity contribution in [3.8, 4) is 0 Å². The highest BCUT2D eigenvalue weighted by Gasteiger charge is 2.16. The summed E-state index contributed by atoms with van der Waals surface area (Å²) in [4.78, 5) is 0. The van der Waals surface area contributed by atoms with Gasteiger partial charge in [0.15, 0.2) is 0 Å². The van der Waals surface area contributed by atoms with Crippen molar-refractivity contribution in [1.82, 2.24) is 5.32 Å². The molecule has 0 saturated carbocycles. The van der Waals surface area contributed by atoms with Gasteiger partial charge >= 0.3 is 0 Å². The fraction of sp³-hybridized carbons (Fsp3) is 0.571. The molecule has 0 heterocycles. The summed E-state index contributed by atoms with van der Waals surface area (Å²) >= 11 is 12.1. The average Bonchev–Trinajstić information content (AvgIpc) is 2.30. The lowest BCUT2D eigenvalue weighted by molar-refractivity contribution is 0.371. The first-order valence-corrected chi connectivity index (χ1v) is 7.01. The van der Waals surface area contributed by atoms with E-state index in [2.05, 4.69) is 26.1 Å². The Morgan fingerprint density at radius 3 is 2.47 bits per heavy atom. The molecule has 1 nitrogen and oxygen atoms in total. The smallest absolute Gasteiger partial charge is 0.0453 e. The van der Waals surface area contributed by atoms with E-state index >= 15 is 0 Å². The number of rotatable bonds is 6. The number of nitrogens with one attached hydrogen (secondary N) is 1. The Bertz CT molecular complexity index is 352. The molecule has 0 aliphatic rings. The molecule has 1 aromatic carbocycles. The molecule has 1 N–H and O–H groups in total. The van der Waals surface area contributed by atoms with Gasteiger partial charge in [0, 0.05) is 16.1 Å². The third-order valence-electron chi connectivity index (χ3n) is 3.25. The summed E-state index contributed by atoms with van der Waals surface area (Å²) < 4.78 is 0. The maximum Gasteiger partial charge on any atom is 0.0453 e. The van der Waals surface area contributed by atoms with E-state index in [9.17, 15) is 0 Å². The average molecular weight is 274 g/mol. The Balaban J connectivity index is 2.78. The molecule has 2 atom stereocenters. The van der Waals surface area contributed by atoms with Gasteiger partial charge in [0.1, 0.15) is 0 Å². The fourth-order valence-corrected chi connectivity index (χ4v) is 2.43. The molecule has 3 heteroatoms. The van der Waals surface area contributed by atoms with Crippen molar-refractivity contribution in [3.05, 3.63) is 33.8 Å². The molecule has 0 aliphatic carbocycles. The molecule has 2 unspecified atom stereocenters. The van der Waals surface area contributed by atoms with Crippen molar-refractivity contribution in [2.24, 2.45) is 5.92 Å². The van der Waals surface area contributed by atoms with Gasteiger partial charge in [0.05, 0.1) is 0 Å². The molecular formula is C14H21Cl2N. The van der Waals surface area contributed by atoms with Crippen molar-refractivity contribution in [3.63, 3.8) is 0 Å². The third kappa shape index (κ3) is 4.50. The predicted molar refractivity (Wildman–Crippen MR) is 77.1 cm³/mol. The van der Waals surface area contributed by atoms with Gasteiger partial charge in [0.2, 0.25) is 0 Å². The van der Waals surface area contributed by atoms with E-state index in [1.54, 1.807) is 0 Å². The van der Waals surface area contributed by atoms with Crippen molar-refractivity contribution in [2.45, 2.75) is 39.7 Å². The molecule has 1 aromatic rings. The van der Waals surface area contributed by atoms with Gasteiger partial charge in [-0.2, -0.15) is 0 Å². The molecule has 0 saturated heterocycles. The second kappa shape index (κ2) is 7.25. The zero-order valence-electron chi connectivity index (χ0n) is 10.8. The topological polar surface area (TPSA) is 12.0 Å². The first kappa shape index (κ1) is 14.8. The maximum atomic E-state index is 6.21. The zero-order chi connectivity index (χ0) is 12.8. The van der Waals surface area contributed by atoms with Gasteiger partial charge in [-0.3, -0.25) is 0 Å². The van der Waals surface area contributed by atoms with Crippen molar-refractivity contribution in [1.29, 1.82) is 0 Å². The van der Waals surface area contributed by atoms with Gasteiger partial charge in [-0.05, 0) is 36.6 Å². The van der Waals surface area contributed by atoms with E-state index in [0.717, 1.165) is 18.0 Å². The molecule has 0 spiro atoms. The van der Waals surface area contributed by atoms with Gasteiger partial charge in [0.25, 0.3) is 0 Å². The van der Waals surface area contributed by atoms with Gasteiger partial charge in [-0.1, -0.05) is 56.5 Å². The van der Waals surface area contributed by atoms with Gasteiger partial charge < -0.3 is 5.32 Å². The van der Waals surface area contributed by atoms with Crippen LogP contribution in [0.5, 0.6) is 0 Å². The first-order valence-electron chi connectivity index (χ1n) is 6.25. The van der Waals surface area contributed by atoms with E-state index < -0.39 is 0 Å². The fourth-order valence-electron chi connectivity index (χ4n) is 1.95. The molecule has 0 aromatic heterocycles. The molecular weight excluding hydrogens is 253 g/mol. The van der Waals surface area contributed by atoms with Gasteiger partial charge in [-0.15, -0.1) is 0 Å². The minimum absolute atomic E-state index is 0.476. The van der Waals surface area contributed by atoms with Crippen LogP contribution in [0.4, 0.5) is 0 Å². The molecule has 0 bridgehead atoms. The number of likely N-dealkylation sites (N-methyl/N-ethyl adjacent to an activating group) is 1. The van der Waals surface area contributed by atoms with Crippen LogP contribution in [0.1, 0.15) is 32.8 Å². The van der Waals surface area contributed by atoms with Crippen molar-refractivity contribution < 1.29 is 0 Å². The van der Waals surface area contributed by atoms with Gasteiger partial charge in [-0.25, -0.2) is 0 Å². The zero-order valence-corrected chi connectivity index (χ0v) is 12.3. The SMILES string of the molecule is CCNC(Cc1ccc(Cl)cc1Cl)C(C)CC. The minimum atomic E-state index is 0.476. The summed E-state index contributed by atoms with van der Waals surface area (Å²) in [6, 6.07) is 6.22. The summed E-state index contributed by atoms with van der Waals surface area (Å²) in [7, 11) is 0. The van der Waals surface area contributed by atoms with Crippen LogP contribution in [0.3, 0.4) is 0 Å². The summed E-state index contributed by atoms with van der Waals surface area (Å²) in [6.45, 7) is 7.62. The van der Waals surface area contributed by atoms with Crippen LogP contribution in [0.25, 0.3) is 0 Å². The van der Waals surface area contributed by atoms with Crippen LogP contribution in [0, 0.1) is 5.92 Å². The molecule has 0 fully saturated rings. The normalized spacial score (nSPS) is 14.6. The minimum Gasteiger partial charge on any atom is -0.314 e.